The molecule has 1 amide bonds. The lowest BCUT2D eigenvalue weighted by Crippen LogP contribution is -2.53. The predicted octanol–water partition coefficient (Wildman–Crippen LogP) is 3.18. The molecule has 11 heteroatoms. The largest absolute Gasteiger partial charge is 0.443 e. The fraction of sp³-hybridized carbons (Fsp3) is 0.944. The number of nitrogens with one attached hydrogen (secondary N) is 2. The number of nitrogens with zero attached hydrogens (tertiary/aromatic N) is 1. The van der Waals surface area contributed by atoms with E-state index < -0.39 is 34.0 Å². The molecule has 29 heavy (non-hydrogen) atoms. The van der Waals surface area contributed by atoms with Crippen LogP contribution >= 0.6 is 0 Å². The van der Waals surface area contributed by atoms with Gasteiger partial charge >= 0.3 is 22.5 Å². The van der Waals surface area contributed by atoms with Crippen LogP contribution in [0.4, 0.5) is 18.0 Å². The minimum atomic E-state index is -4.20. The second-order valence-electron chi connectivity index (χ2n) is 8.92. The van der Waals surface area contributed by atoms with Gasteiger partial charge in [0.1, 0.15) is 5.60 Å². The molecule has 1 saturated heterocycles. The molecule has 170 valence electrons. The van der Waals surface area contributed by atoms with E-state index in [1.165, 1.54) is 4.31 Å². The van der Waals surface area contributed by atoms with Crippen LogP contribution in [0.5, 0.6) is 0 Å². The molecular formula is C18H32F3N3O4S. The van der Waals surface area contributed by atoms with Gasteiger partial charge in [0.15, 0.2) is 0 Å². The minimum absolute atomic E-state index is 0.00771. The van der Waals surface area contributed by atoms with E-state index in [0.717, 1.165) is 0 Å². The van der Waals surface area contributed by atoms with E-state index in [2.05, 4.69) is 5.32 Å². The highest BCUT2D eigenvalue weighted by Gasteiger charge is 2.43. The molecule has 0 spiro atoms. The van der Waals surface area contributed by atoms with Crippen molar-refractivity contribution in [2.24, 2.45) is 11.8 Å². The highest BCUT2D eigenvalue weighted by molar-refractivity contribution is 7.87. The molecule has 7 nitrogen and oxygen atoms in total. The smallest absolute Gasteiger partial charge is 0.422 e. The average molecular weight is 444 g/mol. The molecule has 1 aliphatic heterocycles. The molecule has 2 rings (SSSR count). The summed E-state index contributed by atoms with van der Waals surface area (Å²) < 4.78 is 72.9. The van der Waals surface area contributed by atoms with Gasteiger partial charge in [-0.05, 0) is 78.3 Å². The lowest BCUT2D eigenvalue weighted by Gasteiger charge is -2.37. The van der Waals surface area contributed by atoms with Crippen LogP contribution in [0.2, 0.25) is 0 Å². The van der Waals surface area contributed by atoms with Crippen LogP contribution < -0.4 is 10.0 Å². The van der Waals surface area contributed by atoms with Crippen LogP contribution in [0.3, 0.4) is 0 Å². The summed E-state index contributed by atoms with van der Waals surface area (Å²) in [5.41, 5.74) is -0.852. The summed E-state index contributed by atoms with van der Waals surface area (Å²) in [6.07, 6.45) is -3.47. The van der Waals surface area contributed by atoms with Crippen molar-refractivity contribution < 1.29 is 31.1 Å². The molecule has 1 saturated carbocycles. The van der Waals surface area contributed by atoms with E-state index in [1.54, 1.807) is 20.8 Å². The van der Waals surface area contributed by atoms with E-state index in [-0.39, 0.29) is 31.3 Å². The van der Waals surface area contributed by atoms with Crippen molar-refractivity contribution in [1.82, 2.24) is 14.3 Å². The molecule has 0 aromatic rings. The molecule has 0 atom stereocenters. The Balaban J connectivity index is 2.08. The molecule has 0 radical (unpaired) electrons. The number of halogens is 3. The zero-order chi connectivity index (χ0) is 21.9. The second-order valence-corrected chi connectivity index (χ2v) is 10.5. The summed E-state index contributed by atoms with van der Waals surface area (Å²) >= 11 is 0. The van der Waals surface area contributed by atoms with Crippen LogP contribution in [0, 0.1) is 11.8 Å². The highest BCUT2D eigenvalue weighted by atomic mass is 32.2. The molecule has 1 aliphatic carbocycles. The van der Waals surface area contributed by atoms with E-state index in [4.69, 9.17) is 4.74 Å². The van der Waals surface area contributed by atoms with Crippen molar-refractivity contribution in [2.45, 2.75) is 77.1 Å². The van der Waals surface area contributed by atoms with E-state index in [0.29, 0.717) is 38.8 Å². The molecule has 0 bridgehead atoms. The number of carbonyl (C=O) groups is 1. The van der Waals surface area contributed by atoms with Crippen molar-refractivity contribution in [2.75, 3.05) is 19.6 Å². The number of ether oxygens (including phenoxy) is 1. The van der Waals surface area contributed by atoms with Gasteiger partial charge in [0.05, 0.1) is 5.92 Å². The summed E-state index contributed by atoms with van der Waals surface area (Å²) in [6.45, 7) is 6.27. The van der Waals surface area contributed by atoms with Crippen LogP contribution in [0.25, 0.3) is 0 Å². The first-order valence-electron chi connectivity index (χ1n) is 10.1. The van der Waals surface area contributed by atoms with Crippen LogP contribution in [-0.2, 0) is 14.9 Å². The quantitative estimate of drug-likeness (QED) is 0.682. The highest BCUT2D eigenvalue weighted by Crippen LogP contribution is 2.40. The average Bonchev–Trinajstić information content (AvgIpc) is 2.57. The van der Waals surface area contributed by atoms with Crippen molar-refractivity contribution in [3.8, 4) is 0 Å². The number of hydrogen-bond acceptors (Lipinski definition) is 5. The summed E-state index contributed by atoms with van der Waals surface area (Å²) in [5.74, 6) is -1.48. The van der Waals surface area contributed by atoms with Gasteiger partial charge in [-0.3, -0.25) is 0 Å². The van der Waals surface area contributed by atoms with E-state index >= 15 is 0 Å². The molecular weight excluding hydrogens is 411 g/mol. The number of carbonyl (C=O) groups excluding carboxylic acids is 1. The molecule has 0 aromatic heterocycles. The third kappa shape index (κ3) is 7.60. The summed E-state index contributed by atoms with van der Waals surface area (Å²) in [5, 5.41) is 3.16. The topological polar surface area (TPSA) is 87.7 Å². The Morgan fingerprint density at radius 2 is 1.62 bits per heavy atom. The molecule has 0 aromatic carbocycles. The Morgan fingerprint density at radius 3 is 2.10 bits per heavy atom. The van der Waals surface area contributed by atoms with Gasteiger partial charge in [-0.2, -0.15) is 25.9 Å². The Bertz CT molecular complexity index is 650. The summed E-state index contributed by atoms with van der Waals surface area (Å²) in [4.78, 5) is 12.0. The van der Waals surface area contributed by atoms with Crippen LogP contribution in [0.15, 0.2) is 0 Å². The third-order valence-electron chi connectivity index (χ3n) is 5.38. The lowest BCUT2D eigenvalue weighted by atomic mass is 9.81. The number of rotatable bonds is 5. The van der Waals surface area contributed by atoms with Gasteiger partial charge in [0.25, 0.3) is 0 Å². The Morgan fingerprint density at radius 1 is 1.07 bits per heavy atom. The van der Waals surface area contributed by atoms with E-state index in [1.807, 2.05) is 4.72 Å². The lowest BCUT2D eigenvalue weighted by molar-refractivity contribution is -0.184. The molecule has 2 N–H and O–H groups in total. The van der Waals surface area contributed by atoms with Gasteiger partial charge in [0.2, 0.25) is 0 Å². The van der Waals surface area contributed by atoms with E-state index in [9.17, 15) is 26.4 Å². The summed E-state index contributed by atoms with van der Waals surface area (Å²) in [7, 11) is -4.18. The Kier molecular flexibility index (Phi) is 7.83. The predicted molar refractivity (Wildman–Crippen MR) is 102 cm³/mol. The van der Waals surface area contributed by atoms with Crippen molar-refractivity contribution in [1.29, 1.82) is 0 Å². The number of piperidine rings is 1. The Labute approximate surface area is 170 Å². The van der Waals surface area contributed by atoms with Gasteiger partial charge in [-0.25, -0.2) is 9.52 Å². The van der Waals surface area contributed by atoms with Gasteiger partial charge < -0.3 is 10.1 Å². The fourth-order valence-corrected chi connectivity index (χ4v) is 5.31. The normalized spacial score (nSPS) is 25.1. The standard InChI is InChI=1S/C18H32F3N3O4S/c1-17(2,3)28-16(25)23-29(26,27)24(15-8-10-22-11-9-15)12-13-4-6-14(7-5-13)18(19,20)21/h13-15,22H,4-12H2,1-3H3,(H,23,25). The maximum atomic E-state index is 12.9. The maximum Gasteiger partial charge on any atom is 0.422 e. The molecule has 2 fully saturated rings. The van der Waals surface area contributed by atoms with Gasteiger partial charge in [-0.15, -0.1) is 0 Å². The first-order chi connectivity index (χ1) is 13.3. The minimum Gasteiger partial charge on any atom is -0.443 e. The number of hydrogen-bond donors (Lipinski definition) is 2. The van der Waals surface area contributed by atoms with Crippen molar-refractivity contribution in [3.05, 3.63) is 0 Å². The zero-order valence-electron chi connectivity index (χ0n) is 17.2. The van der Waals surface area contributed by atoms with Crippen LogP contribution in [-0.4, -0.2) is 56.3 Å². The monoisotopic (exact) mass is 443 g/mol. The summed E-state index contributed by atoms with van der Waals surface area (Å²) in [6, 6.07) is -0.309. The first kappa shape index (κ1) is 24.2. The van der Waals surface area contributed by atoms with Crippen molar-refractivity contribution >= 4 is 16.3 Å². The third-order valence-corrected chi connectivity index (χ3v) is 6.87. The maximum absolute atomic E-state index is 12.9. The fourth-order valence-electron chi connectivity index (χ4n) is 3.93. The molecule has 2 aliphatic rings. The molecule has 0 unspecified atom stereocenters. The second kappa shape index (κ2) is 9.38. The number of alkyl halides is 3. The number of amides is 1. The van der Waals surface area contributed by atoms with Crippen molar-refractivity contribution in [3.63, 3.8) is 0 Å². The molecule has 1 heterocycles. The van der Waals surface area contributed by atoms with Gasteiger partial charge in [0, 0.05) is 12.6 Å². The van der Waals surface area contributed by atoms with Gasteiger partial charge in [-0.1, -0.05) is 0 Å². The Hall–Kier alpha value is -1.07. The van der Waals surface area contributed by atoms with Crippen LogP contribution in [0.1, 0.15) is 59.3 Å². The SMILES string of the molecule is CC(C)(C)OC(=O)NS(=O)(=O)N(CC1CCC(C(F)(F)F)CC1)C1CCNCC1. The first-order valence-corrected chi connectivity index (χ1v) is 11.5. The zero-order valence-corrected chi connectivity index (χ0v) is 18.0.